The Bertz CT molecular complexity index is 566. The van der Waals surface area contributed by atoms with E-state index in [1.165, 1.54) is 7.05 Å². The van der Waals surface area contributed by atoms with Crippen LogP contribution in [0.4, 0.5) is 17.5 Å². The number of carboxylic acid groups (broad SMARTS) is 1. The predicted molar refractivity (Wildman–Crippen MR) is 69.2 cm³/mol. The average molecular weight is 269 g/mol. The maximum Gasteiger partial charge on any atom is 0.326 e. The summed E-state index contributed by atoms with van der Waals surface area (Å²) >= 11 is 0. The molecule has 0 bridgehead atoms. The van der Waals surface area contributed by atoms with Gasteiger partial charge in [-0.15, -0.1) is 4.91 Å². The maximum atomic E-state index is 11.7. The Kier molecular flexibility index (Phi) is 4.20. The molecule has 1 atom stereocenters. The van der Waals surface area contributed by atoms with Crippen LogP contribution in [0.15, 0.2) is 9.97 Å². The van der Waals surface area contributed by atoms with Gasteiger partial charge in [-0.05, 0) is 11.1 Å². The summed E-state index contributed by atoms with van der Waals surface area (Å²) in [6, 6.07) is -0.937. The van der Waals surface area contributed by atoms with Gasteiger partial charge in [0.05, 0.1) is 0 Å². The number of carboxylic acids is 1. The molecule has 104 valence electrons. The molecular formula is C10H15N5O4. The Morgan fingerprint density at radius 2 is 2.11 bits per heavy atom. The van der Waals surface area contributed by atoms with Gasteiger partial charge < -0.3 is 16.2 Å². The van der Waals surface area contributed by atoms with Crippen LogP contribution < -0.4 is 16.6 Å². The molecular weight excluding hydrogens is 254 g/mol. The summed E-state index contributed by atoms with van der Waals surface area (Å²) in [5, 5.41) is 14.2. The van der Waals surface area contributed by atoms with Crippen LogP contribution >= 0.6 is 0 Å². The molecule has 0 spiro atoms. The van der Waals surface area contributed by atoms with Crippen LogP contribution in [0.1, 0.15) is 13.8 Å². The Labute approximate surface area is 108 Å². The van der Waals surface area contributed by atoms with Gasteiger partial charge in [0.1, 0.15) is 6.04 Å². The van der Waals surface area contributed by atoms with E-state index in [-0.39, 0.29) is 17.7 Å². The highest BCUT2D eigenvalue weighted by molar-refractivity contribution is 5.77. The molecule has 0 amide bonds. The molecule has 0 saturated heterocycles. The van der Waals surface area contributed by atoms with Crippen LogP contribution in [0.25, 0.3) is 0 Å². The molecule has 0 aliphatic heterocycles. The fourth-order valence-electron chi connectivity index (χ4n) is 1.47. The summed E-state index contributed by atoms with van der Waals surface area (Å²) in [5.74, 6) is -1.69. The van der Waals surface area contributed by atoms with Gasteiger partial charge in [0.25, 0.3) is 5.56 Å². The molecule has 0 radical (unpaired) electrons. The molecule has 1 aromatic heterocycles. The fraction of sp³-hybridized carbons (Fsp3) is 0.500. The zero-order chi connectivity index (χ0) is 14.7. The summed E-state index contributed by atoms with van der Waals surface area (Å²) in [5.41, 5.74) is 4.19. The fourth-order valence-corrected chi connectivity index (χ4v) is 1.47. The molecule has 4 N–H and O–H groups in total. The smallest absolute Gasteiger partial charge is 0.326 e. The first kappa shape index (κ1) is 14.6. The summed E-state index contributed by atoms with van der Waals surface area (Å²) < 4.78 is 0.991. The van der Waals surface area contributed by atoms with Gasteiger partial charge in [-0.3, -0.25) is 9.36 Å². The van der Waals surface area contributed by atoms with Crippen molar-refractivity contribution in [3.8, 4) is 0 Å². The van der Waals surface area contributed by atoms with E-state index in [1.807, 2.05) is 0 Å². The standard InChI is InChI=1S/C10H15N5O4/c1-4(2)5(9(17)18)12-10-13-7(11)6(14-19)8(16)15(10)3/h4-5H,11H2,1-3H3,(H,12,13)(H,17,18). The molecule has 0 aliphatic carbocycles. The highest BCUT2D eigenvalue weighted by atomic mass is 16.4. The monoisotopic (exact) mass is 269 g/mol. The van der Waals surface area contributed by atoms with E-state index < -0.39 is 23.3 Å². The molecule has 9 nitrogen and oxygen atoms in total. The molecule has 1 rings (SSSR count). The lowest BCUT2D eigenvalue weighted by molar-refractivity contribution is -0.138. The number of hydrogen-bond acceptors (Lipinski definition) is 7. The van der Waals surface area contributed by atoms with Gasteiger partial charge in [-0.25, -0.2) is 4.79 Å². The largest absolute Gasteiger partial charge is 0.480 e. The number of nitrogens with one attached hydrogen (secondary N) is 1. The number of aromatic nitrogens is 2. The van der Waals surface area contributed by atoms with E-state index >= 15 is 0 Å². The van der Waals surface area contributed by atoms with Crippen LogP contribution in [-0.2, 0) is 11.8 Å². The Morgan fingerprint density at radius 3 is 2.53 bits per heavy atom. The highest BCUT2D eigenvalue weighted by Gasteiger charge is 2.24. The minimum atomic E-state index is -1.08. The molecule has 1 heterocycles. The number of anilines is 2. The van der Waals surface area contributed by atoms with Crippen LogP contribution in [0.5, 0.6) is 0 Å². The number of carbonyl (C=O) groups is 1. The Morgan fingerprint density at radius 1 is 1.53 bits per heavy atom. The lowest BCUT2D eigenvalue weighted by Gasteiger charge is -2.20. The first-order chi connectivity index (χ1) is 8.79. The second kappa shape index (κ2) is 5.46. The van der Waals surface area contributed by atoms with Crippen LogP contribution in [-0.4, -0.2) is 26.7 Å². The lowest BCUT2D eigenvalue weighted by atomic mass is 10.1. The number of nitrogens with two attached hydrogens (primary N) is 1. The minimum Gasteiger partial charge on any atom is -0.480 e. The number of nitrogen functional groups attached to an aromatic ring is 1. The molecule has 9 heteroatoms. The molecule has 19 heavy (non-hydrogen) atoms. The van der Waals surface area contributed by atoms with Crippen molar-refractivity contribution in [3.63, 3.8) is 0 Å². The van der Waals surface area contributed by atoms with Gasteiger partial charge in [-0.1, -0.05) is 13.8 Å². The van der Waals surface area contributed by atoms with E-state index in [9.17, 15) is 14.5 Å². The van der Waals surface area contributed by atoms with E-state index in [2.05, 4.69) is 15.5 Å². The van der Waals surface area contributed by atoms with Crippen molar-refractivity contribution in [2.24, 2.45) is 18.1 Å². The summed E-state index contributed by atoms with van der Waals surface area (Å²) in [7, 11) is 1.34. The van der Waals surface area contributed by atoms with E-state index in [0.717, 1.165) is 4.57 Å². The second-order valence-electron chi connectivity index (χ2n) is 4.33. The molecule has 0 saturated carbocycles. The number of hydrogen-bond donors (Lipinski definition) is 3. The van der Waals surface area contributed by atoms with E-state index in [1.54, 1.807) is 13.8 Å². The third-order valence-corrected chi connectivity index (χ3v) is 2.60. The first-order valence-electron chi connectivity index (χ1n) is 5.48. The number of aliphatic carboxylic acids is 1. The summed E-state index contributed by atoms with van der Waals surface area (Å²) in [4.78, 5) is 37.0. The number of nitrogens with zero attached hydrogens (tertiary/aromatic N) is 3. The molecule has 1 unspecified atom stereocenters. The van der Waals surface area contributed by atoms with Crippen molar-refractivity contribution in [1.29, 1.82) is 0 Å². The van der Waals surface area contributed by atoms with Gasteiger partial charge in [0, 0.05) is 7.05 Å². The molecule has 0 aliphatic rings. The van der Waals surface area contributed by atoms with Crippen molar-refractivity contribution in [1.82, 2.24) is 9.55 Å². The van der Waals surface area contributed by atoms with Crippen LogP contribution in [0, 0.1) is 10.8 Å². The summed E-state index contributed by atoms with van der Waals surface area (Å²) in [6.45, 7) is 3.41. The van der Waals surface area contributed by atoms with Gasteiger partial charge in [-0.2, -0.15) is 4.98 Å². The Balaban J connectivity index is 3.26. The minimum absolute atomic E-state index is 0.0315. The van der Waals surface area contributed by atoms with Gasteiger partial charge >= 0.3 is 5.97 Å². The zero-order valence-corrected chi connectivity index (χ0v) is 10.7. The SMILES string of the molecule is CC(C)C(Nc1nc(N)c(N=O)c(=O)n1C)C(=O)O. The first-order valence-corrected chi connectivity index (χ1v) is 5.48. The predicted octanol–water partition coefficient (Wildman–Crippen LogP) is 0.281. The van der Waals surface area contributed by atoms with Crippen LogP contribution in [0.2, 0.25) is 0 Å². The lowest BCUT2D eigenvalue weighted by Crippen LogP contribution is -2.37. The van der Waals surface area contributed by atoms with Crippen molar-refractivity contribution in [2.75, 3.05) is 11.1 Å². The van der Waals surface area contributed by atoms with Crippen molar-refractivity contribution in [3.05, 3.63) is 15.3 Å². The van der Waals surface area contributed by atoms with Crippen LogP contribution in [0.3, 0.4) is 0 Å². The third kappa shape index (κ3) is 2.87. The maximum absolute atomic E-state index is 11.7. The van der Waals surface area contributed by atoms with Gasteiger partial charge in [0.15, 0.2) is 5.82 Å². The average Bonchev–Trinajstić information content (AvgIpc) is 2.31. The van der Waals surface area contributed by atoms with E-state index in [4.69, 9.17) is 10.8 Å². The van der Waals surface area contributed by atoms with E-state index in [0.29, 0.717) is 0 Å². The van der Waals surface area contributed by atoms with Gasteiger partial charge in [0.2, 0.25) is 11.6 Å². The Hall–Kier alpha value is -2.45. The summed E-state index contributed by atoms with van der Waals surface area (Å²) in [6.07, 6.45) is 0. The topological polar surface area (TPSA) is 140 Å². The zero-order valence-electron chi connectivity index (χ0n) is 10.7. The van der Waals surface area contributed by atoms with Crippen molar-refractivity contribution in [2.45, 2.75) is 19.9 Å². The molecule has 1 aromatic rings. The highest BCUT2D eigenvalue weighted by Crippen LogP contribution is 2.17. The van der Waals surface area contributed by atoms with Crippen molar-refractivity contribution >= 4 is 23.4 Å². The number of rotatable bonds is 5. The number of nitroso groups, excluding NO2 is 1. The molecule has 0 aromatic carbocycles. The normalized spacial score (nSPS) is 12.2. The second-order valence-corrected chi connectivity index (χ2v) is 4.33. The molecule has 0 fully saturated rings. The van der Waals surface area contributed by atoms with Crippen molar-refractivity contribution < 1.29 is 9.90 Å². The quantitative estimate of drug-likeness (QED) is 0.652. The third-order valence-electron chi connectivity index (χ3n) is 2.60.